The third-order valence-corrected chi connectivity index (χ3v) is 24.5. The van der Waals surface area contributed by atoms with Gasteiger partial charge in [-0.25, -0.2) is 9.97 Å². The Labute approximate surface area is 714 Å². The van der Waals surface area contributed by atoms with Gasteiger partial charge in [-0.2, -0.15) is 19.9 Å². The average molecular weight is 1580 g/mol. The highest BCUT2D eigenvalue weighted by atomic mass is 15.2. The fourth-order valence-corrected chi connectivity index (χ4v) is 18.6. The van der Waals surface area contributed by atoms with Crippen LogP contribution in [0.15, 0.2) is 437 Å². The minimum atomic E-state index is 0.516. The predicted octanol–water partition coefficient (Wildman–Crippen LogP) is 28.8. The highest BCUT2D eigenvalue weighted by Crippen LogP contribution is 2.46. The minimum Gasteiger partial charge on any atom is -0.307 e. The molecule has 578 valence electrons. The summed E-state index contributed by atoms with van der Waals surface area (Å²) in [6, 6.07) is 156. The molecule has 18 aromatic carbocycles. The zero-order chi connectivity index (χ0) is 81.7. The SMILES string of the molecule is c1ccc(-c2ccc(-c3nc(-c4cccc(-c5ccccc5)c4)nc(-n4c5ccccc5c5ccc6c7ccccc7n(-c7cccc(-c8ccc(-c9ccc(-c%10cccc(-c%11nc(-c%12cccc(-c%13ccccc%13)c%12)nc(-n%12c%13ccccc%13c%13ccc%14c%15ccccc%15n(-c%15cccc(-c%16ccccc%16)c%15)c%14c%13%12)n%11)c%10)cc9)cc8)c7)c6c54)n3)cc2)cc1. The quantitative estimate of drug-likeness (QED) is 0.101. The molecule has 6 heterocycles. The van der Waals surface area contributed by atoms with E-state index in [1.54, 1.807) is 0 Å². The number of hydrogen-bond acceptors (Lipinski definition) is 6. The molecule has 0 aliphatic carbocycles. The van der Waals surface area contributed by atoms with Gasteiger partial charge >= 0.3 is 0 Å². The lowest BCUT2D eigenvalue weighted by Gasteiger charge is -2.14. The van der Waals surface area contributed by atoms with Gasteiger partial charge in [0.25, 0.3) is 0 Å². The maximum atomic E-state index is 5.62. The molecule has 0 saturated heterocycles. The molecule has 0 saturated carbocycles. The molecule has 24 rings (SSSR count). The summed E-state index contributed by atoms with van der Waals surface area (Å²) in [5.74, 6) is 3.31. The lowest BCUT2D eigenvalue weighted by Crippen LogP contribution is -2.07. The maximum Gasteiger partial charge on any atom is 0.238 e. The first-order valence-electron chi connectivity index (χ1n) is 42.0. The van der Waals surface area contributed by atoms with E-state index in [9.17, 15) is 0 Å². The molecule has 24 aromatic rings. The predicted molar refractivity (Wildman–Crippen MR) is 510 cm³/mol. The Bertz CT molecular complexity index is 8320. The van der Waals surface area contributed by atoms with E-state index >= 15 is 0 Å². The molecule has 124 heavy (non-hydrogen) atoms. The Morgan fingerprint density at radius 2 is 0.339 bits per heavy atom. The molecule has 6 aromatic heterocycles. The number of aromatic nitrogens is 10. The molecular weight excluding hydrogens is 1510 g/mol. The Hall–Kier alpha value is -16.8. The summed E-state index contributed by atoms with van der Waals surface area (Å²) in [6.07, 6.45) is 0. The standard InChI is InChI=1S/C114H72N10/c1-5-26-73(27-6-1)77-60-62-82(63-61-77)109-115-110(88-39-21-34-83(68-88)74-28-7-2-8-29-74)118-113(117-109)123-103-50-19-15-46-95(103)99-66-64-97-94-45-14-18-49-102(94)122(105(97)107(99)123)92-43-25-38-87(72-92)81-58-54-79(55-59-81)78-52-56-80(57-53-78)85-36-23-41-90(70-85)112-116-111(89-40-22-35-84(69-89)75-30-9-3-10-31-75)119-114(120-112)124-104-51-20-16-47-96(104)100-67-65-98-93-44-13-17-48-101(93)121(106(98)108(100)124)91-42-24-37-86(71-91)76-32-11-4-12-33-76/h1-72H. The van der Waals surface area contributed by atoms with Gasteiger partial charge in [0.15, 0.2) is 23.3 Å². The van der Waals surface area contributed by atoms with Crippen molar-refractivity contribution in [3.05, 3.63) is 437 Å². The molecule has 0 unspecified atom stereocenters. The molecule has 0 radical (unpaired) electrons. The van der Waals surface area contributed by atoms with E-state index in [-0.39, 0.29) is 0 Å². The molecule has 0 fully saturated rings. The van der Waals surface area contributed by atoms with Crippen LogP contribution in [0.25, 0.3) is 234 Å². The molecule has 0 atom stereocenters. The van der Waals surface area contributed by atoms with Gasteiger partial charge in [0, 0.05) is 76.7 Å². The van der Waals surface area contributed by atoms with Crippen LogP contribution in [-0.4, -0.2) is 48.2 Å². The molecule has 0 bridgehead atoms. The highest BCUT2D eigenvalue weighted by Gasteiger charge is 2.28. The van der Waals surface area contributed by atoms with E-state index in [0.29, 0.717) is 35.2 Å². The van der Waals surface area contributed by atoms with E-state index in [1.807, 2.05) is 12.1 Å². The Morgan fingerprint density at radius 1 is 0.129 bits per heavy atom. The number of fused-ring (bicyclic) bond motifs is 14. The van der Waals surface area contributed by atoms with E-state index in [2.05, 4.69) is 443 Å². The first kappa shape index (κ1) is 71.3. The van der Waals surface area contributed by atoms with Crippen molar-refractivity contribution in [2.75, 3.05) is 0 Å². The summed E-state index contributed by atoms with van der Waals surface area (Å²) in [4.78, 5) is 33.1. The molecular formula is C114H72N10. The first-order valence-corrected chi connectivity index (χ1v) is 42.0. The smallest absolute Gasteiger partial charge is 0.238 e. The van der Waals surface area contributed by atoms with Crippen molar-refractivity contribution in [2.24, 2.45) is 0 Å². The third-order valence-electron chi connectivity index (χ3n) is 24.5. The Morgan fingerprint density at radius 3 is 0.653 bits per heavy atom. The van der Waals surface area contributed by atoms with Crippen LogP contribution in [0, 0.1) is 0 Å². The van der Waals surface area contributed by atoms with Crippen molar-refractivity contribution >= 4 is 87.2 Å². The summed E-state index contributed by atoms with van der Waals surface area (Å²) in [6.45, 7) is 0. The van der Waals surface area contributed by atoms with Gasteiger partial charge in [-0.15, -0.1) is 0 Å². The van der Waals surface area contributed by atoms with E-state index in [4.69, 9.17) is 29.9 Å². The van der Waals surface area contributed by atoms with Gasteiger partial charge in [-0.1, -0.05) is 370 Å². The monoisotopic (exact) mass is 1580 g/mol. The third kappa shape index (κ3) is 12.3. The van der Waals surface area contributed by atoms with Crippen LogP contribution in [0.4, 0.5) is 0 Å². The van der Waals surface area contributed by atoms with Gasteiger partial charge in [0.05, 0.1) is 44.1 Å². The average Bonchev–Trinajstić information content (AvgIpc) is 1.55. The number of hydrogen-bond donors (Lipinski definition) is 0. The van der Waals surface area contributed by atoms with Crippen LogP contribution in [-0.2, 0) is 0 Å². The maximum absolute atomic E-state index is 5.62. The summed E-state index contributed by atoms with van der Waals surface area (Å²) < 4.78 is 9.42. The molecule has 0 N–H and O–H groups in total. The number of benzene rings is 18. The van der Waals surface area contributed by atoms with Crippen molar-refractivity contribution in [3.8, 4) is 147 Å². The highest BCUT2D eigenvalue weighted by molar-refractivity contribution is 6.25. The molecule has 0 spiro atoms. The van der Waals surface area contributed by atoms with Crippen LogP contribution in [0.1, 0.15) is 0 Å². The number of para-hydroxylation sites is 4. The van der Waals surface area contributed by atoms with Crippen LogP contribution >= 0.6 is 0 Å². The summed E-state index contributed by atoms with van der Waals surface area (Å²) in [5.41, 5.74) is 29.3. The number of rotatable bonds is 15. The second-order valence-corrected chi connectivity index (χ2v) is 31.7. The summed E-state index contributed by atoms with van der Waals surface area (Å²) >= 11 is 0. The van der Waals surface area contributed by atoms with E-state index < -0.39 is 0 Å². The van der Waals surface area contributed by atoms with Crippen LogP contribution in [0.5, 0.6) is 0 Å². The van der Waals surface area contributed by atoms with Crippen LogP contribution < -0.4 is 0 Å². The first-order chi connectivity index (χ1) is 61.5. The van der Waals surface area contributed by atoms with E-state index in [1.165, 1.54) is 0 Å². The molecule has 10 heteroatoms. The summed E-state index contributed by atoms with van der Waals surface area (Å²) in [5, 5.41) is 8.94. The minimum absolute atomic E-state index is 0.516. The van der Waals surface area contributed by atoms with Gasteiger partial charge in [-0.05, 0) is 145 Å². The molecule has 0 aliphatic heterocycles. The molecule has 0 amide bonds. The number of nitrogens with zero attached hydrogens (tertiary/aromatic N) is 10. The lowest BCUT2D eigenvalue weighted by atomic mass is 9.97. The van der Waals surface area contributed by atoms with Crippen LogP contribution in [0.2, 0.25) is 0 Å². The zero-order valence-electron chi connectivity index (χ0n) is 67.0. The van der Waals surface area contributed by atoms with Gasteiger partial charge in [-0.3, -0.25) is 9.13 Å². The Balaban J connectivity index is 0.591. The fourth-order valence-electron chi connectivity index (χ4n) is 18.6. The van der Waals surface area contributed by atoms with Crippen LogP contribution in [0.3, 0.4) is 0 Å². The normalized spacial score (nSPS) is 11.7. The lowest BCUT2D eigenvalue weighted by molar-refractivity contribution is 0.953. The van der Waals surface area contributed by atoms with Crippen molar-refractivity contribution < 1.29 is 0 Å². The van der Waals surface area contributed by atoms with E-state index in [0.717, 1.165) is 199 Å². The summed E-state index contributed by atoms with van der Waals surface area (Å²) in [7, 11) is 0. The van der Waals surface area contributed by atoms with Gasteiger partial charge < -0.3 is 9.13 Å². The van der Waals surface area contributed by atoms with Gasteiger partial charge in [0.2, 0.25) is 11.9 Å². The van der Waals surface area contributed by atoms with Gasteiger partial charge in [0.1, 0.15) is 0 Å². The van der Waals surface area contributed by atoms with Crippen molar-refractivity contribution in [1.29, 1.82) is 0 Å². The Kier molecular flexibility index (Phi) is 17.0. The second-order valence-electron chi connectivity index (χ2n) is 31.7. The van der Waals surface area contributed by atoms with Crippen molar-refractivity contribution in [1.82, 2.24) is 48.2 Å². The topological polar surface area (TPSA) is 97.1 Å². The molecule has 0 aliphatic rings. The van der Waals surface area contributed by atoms with Crippen molar-refractivity contribution in [2.45, 2.75) is 0 Å². The fraction of sp³-hybridized carbons (Fsp3) is 0. The largest absolute Gasteiger partial charge is 0.307 e. The van der Waals surface area contributed by atoms with Crippen molar-refractivity contribution in [3.63, 3.8) is 0 Å². The molecule has 10 nitrogen and oxygen atoms in total. The second kappa shape index (κ2) is 29.6. The zero-order valence-corrected chi connectivity index (χ0v) is 67.0.